The van der Waals surface area contributed by atoms with Gasteiger partial charge in [0.1, 0.15) is 0 Å². The van der Waals surface area contributed by atoms with Crippen molar-refractivity contribution in [2.24, 2.45) is 0 Å². The first-order valence-corrected chi connectivity index (χ1v) is 9.14. The van der Waals surface area contributed by atoms with Crippen molar-refractivity contribution < 1.29 is 4.79 Å². The van der Waals surface area contributed by atoms with E-state index in [1.54, 1.807) is 0 Å². The predicted molar refractivity (Wildman–Crippen MR) is 94.7 cm³/mol. The molecule has 2 N–H and O–H groups in total. The number of anilines is 1. The zero-order valence-electron chi connectivity index (χ0n) is 12.3. The van der Waals surface area contributed by atoms with Crippen LogP contribution in [0.1, 0.15) is 44.1 Å². The number of amides is 1. The van der Waals surface area contributed by atoms with Crippen LogP contribution in [-0.2, 0) is 4.79 Å². The Labute approximate surface area is 143 Å². The van der Waals surface area contributed by atoms with Crippen LogP contribution in [0, 0.1) is 6.92 Å². The van der Waals surface area contributed by atoms with Crippen LogP contribution in [0.5, 0.6) is 0 Å². The largest absolute Gasteiger partial charge is 0.374 e. The highest BCUT2D eigenvalue weighted by Crippen LogP contribution is 2.32. The fourth-order valence-corrected chi connectivity index (χ4v) is 4.44. The van der Waals surface area contributed by atoms with Crippen LogP contribution in [0.2, 0.25) is 0 Å². The Kier molecular flexibility index (Phi) is 6.55. The molecule has 0 heterocycles. The van der Waals surface area contributed by atoms with Crippen molar-refractivity contribution in [1.82, 2.24) is 5.32 Å². The van der Waals surface area contributed by atoms with Gasteiger partial charge in [-0.1, -0.05) is 25.7 Å². The van der Waals surface area contributed by atoms with E-state index < -0.39 is 0 Å². The van der Waals surface area contributed by atoms with E-state index in [4.69, 9.17) is 0 Å². The number of carbonyl (C=O) groups is 1. The van der Waals surface area contributed by atoms with Gasteiger partial charge in [-0.25, -0.2) is 0 Å². The molecule has 1 fully saturated rings. The summed E-state index contributed by atoms with van der Waals surface area (Å²) < 4.78 is 1.94. The number of nitrogens with one attached hydrogen (secondary N) is 2. The molecule has 116 valence electrons. The minimum atomic E-state index is 0.0706. The zero-order valence-corrected chi connectivity index (χ0v) is 15.5. The van der Waals surface area contributed by atoms with Crippen molar-refractivity contribution >= 4 is 43.5 Å². The Morgan fingerprint density at radius 1 is 1.14 bits per heavy atom. The lowest BCUT2D eigenvalue weighted by molar-refractivity contribution is -0.120. The number of aryl methyl sites for hydroxylation is 1. The molecule has 0 radical (unpaired) electrons. The van der Waals surface area contributed by atoms with Crippen LogP contribution in [0.4, 0.5) is 5.69 Å². The molecular weight excluding hydrogens is 396 g/mol. The highest BCUT2D eigenvalue weighted by molar-refractivity contribution is 9.11. The standard InChI is InChI=1S/C16H22Br2N2O/c1-11-8-13(17)16(14(18)9-11)19-10-15(21)20-12-6-4-2-3-5-7-12/h8-9,12,19H,2-7,10H2,1H3,(H,20,21). The molecule has 0 aromatic heterocycles. The van der Waals surface area contributed by atoms with E-state index in [-0.39, 0.29) is 5.91 Å². The highest BCUT2D eigenvalue weighted by atomic mass is 79.9. The Morgan fingerprint density at radius 2 is 1.71 bits per heavy atom. The van der Waals surface area contributed by atoms with Crippen molar-refractivity contribution in [1.29, 1.82) is 0 Å². The summed E-state index contributed by atoms with van der Waals surface area (Å²) in [5, 5.41) is 6.35. The Morgan fingerprint density at radius 3 is 2.29 bits per heavy atom. The molecule has 3 nitrogen and oxygen atoms in total. The lowest BCUT2D eigenvalue weighted by Gasteiger charge is -2.17. The average molecular weight is 418 g/mol. The highest BCUT2D eigenvalue weighted by Gasteiger charge is 2.15. The van der Waals surface area contributed by atoms with Gasteiger partial charge in [0.25, 0.3) is 0 Å². The van der Waals surface area contributed by atoms with Crippen molar-refractivity contribution in [3.8, 4) is 0 Å². The first-order chi connectivity index (χ1) is 10.1. The third-order valence-electron chi connectivity index (χ3n) is 3.83. The SMILES string of the molecule is Cc1cc(Br)c(NCC(=O)NC2CCCCCC2)c(Br)c1. The Hall–Kier alpha value is -0.550. The molecule has 5 heteroatoms. The van der Waals surface area contributed by atoms with Crippen LogP contribution in [0.3, 0.4) is 0 Å². The molecule has 1 aromatic carbocycles. The molecular formula is C16H22Br2N2O. The third kappa shape index (κ3) is 5.29. The van der Waals surface area contributed by atoms with E-state index >= 15 is 0 Å². The van der Waals surface area contributed by atoms with E-state index in [1.807, 2.05) is 19.1 Å². The maximum atomic E-state index is 12.1. The monoisotopic (exact) mass is 416 g/mol. The summed E-state index contributed by atoms with van der Waals surface area (Å²) in [6.07, 6.45) is 7.29. The second-order valence-electron chi connectivity index (χ2n) is 5.71. The molecule has 0 aliphatic heterocycles. The molecule has 0 saturated heterocycles. The molecule has 1 aliphatic carbocycles. The summed E-state index contributed by atoms with van der Waals surface area (Å²) in [4.78, 5) is 12.1. The van der Waals surface area contributed by atoms with Crippen LogP contribution in [0.15, 0.2) is 21.1 Å². The van der Waals surface area contributed by atoms with Gasteiger partial charge in [0.05, 0.1) is 12.2 Å². The molecule has 0 atom stereocenters. The zero-order chi connectivity index (χ0) is 15.2. The number of carbonyl (C=O) groups excluding carboxylic acids is 1. The van der Waals surface area contributed by atoms with Crippen LogP contribution in [0.25, 0.3) is 0 Å². The van der Waals surface area contributed by atoms with E-state index in [0.29, 0.717) is 12.6 Å². The van der Waals surface area contributed by atoms with Gasteiger partial charge in [0.2, 0.25) is 5.91 Å². The summed E-state index contributed by atoms with van der Waals surface area (Å²) in [5.41, 5.74) is 2.10. The fraction of sp³-hybridized carbons (Fsp3) is 0.562. The summed E-state index contributed by atoms with van der Waals surface area (Å²) in [5.74, 6) is 0.0706. The van der Waals surface area contributed by atoms with Gasteiger partial charge >= 0.3 is 0 Å². The van der Waals surface area contributed by atoms with Crippen molar-refractivity contribution in [2.45, 2.75) is 51.5 Å². The molecule has 0 bridgehead atoms. The van der Waals surface area contributed by atoms with Gasteiger partial charge < -0.3 is 10.6 Å². The quantitative estimate of drug-likeness (QED) is 0.692. The van der Waals surface area contributed by atoms with Crippen LogP contribution in [-0.4, -0.2) is 18.5 Å². The number of benzene rings is 1. The molecule has 0 spiro atoms. The summed E-state index contributed by atoms with van der Waals surface area (Å²) in [6.45, 7) is 2.34. The van der Waals surface area contributed by atoms with Gasteiger partial charge in [0, 0.05) is 15.0 Å². The number of rotatable bonds is 4. The third-order valence-corrected chi connectivity index (χ3v) is 5.08. The molecule has 1 aliphatic rings. The second kappa shape index (κ2) is 8.18. The number of halogens is 2. The molecule has 1 saturated carbocycles. The molecule has 1 amide bonds. The molecule has 0 unspecified atom stereocenters. The summed E-state index contributed by atoms with van der Waals surface area (Å²) in [7, 11) is 0. The van der Waals surface area contributed by atoms with Crippen molar-refractivity contribution in [3.05, 3.63) is 26.6 Å². The molecule has 21 heavy (non-hydrogen) atoms. The second-order valence-corrected chi connectivity index (χ2v) is 7.42. The minimum absolute atomic E-state index is 0.0706. The first-order valence-electron chi connectivity index (χ1n) is 7.55. The lowest BCUT2D eigenvalue weighted by atomic mass is 10.1. The minimum Gasteiger partial charge on any atom is -0.374 e. The number of hydrogen-bond donors (Lipinski definition) is 2. The van der Waals surface area contributed by atoms with E-state index in [2.05, 4.69) is 42.5 Å². The Bertz CT molecular complexity index is 474. The Balaban J connectivity index is 1.86. The maximum Gasteiger partial charge on any atom is 0.239 e. The first kappa shape index (κ1) is 16.8. The van der Waals surface area contributed by atoms with E-state index in [9.17, 15) is 4.79 Å². The average Bonchev–Trinajstić information content (AvgIpc) is 2.66. The van der Waals surface area contributed by atoms with Gasteiger partial charge in [-0.05, 0) is 69.3 Å². The predicted octanol–water partition coefficient (Wildman–Crippen LogP) is 4.77. The summed E-state index contributed by atoms with van der Waals surface area (Å²) >= 11 is 7.07. The fourth-order valence-electron chi connectivity index (χ4n) is 2.74. The smallest absolute Gasteiger partial charge is 0.239 e. The van der Waals surface area contributed by atoms with E-state index in [0.717, 1.165) is 27.5 Å². The molecule has 1 aromatic rings. The van der Waals surface area contributed by atoms with Gasteiger partial charge in [-0.2, -0.15) is 0 Å². The van der Waals surface area contributed by atoms with Gasteiger partial charge in [-0.3, -0.25) is 4.79 Å². The normalized spacial score (nSPS) is 16.3. The number of hydrogen-bond acceptors (Lipinski definition) is 2. The van der Waals surface area contributed by atoms with Crippen molar-refractivity contribution in [3.63, 3.8) is 0 Å². The maximum absolute atomic E-state index is 12.1. The summed E-state index contributed by atoms with van der Waals surface area (Å²) in [6, 6.07) is 4.43. The lowest BCUT2D eigenvalue weighted by Crippen LogP contribution is -2.38. The topological polar surface area (TPSA) is 41.1 Å². The van der Waals surface area contributed by atoms with Crippen LogP contribution < -0.4 is 10.6 Å². The molecule has 2 rings (SSSR count). The van der Waals surface area contributed by atoms with Gasteiger partial charge in [-0.15, -0.1) is 0 Å². The van der Waals surface area contributed by atoms with Gasteiger partial charge in [0.15, 0.2) is 0 Å². The van der Waals surface area contributed by atoms with Crippen LogP contribution >= 0.6 is 31.9 Å². The van der Waals surface area contributed by atoms with E-state index in [1.165, 1.54) is 31.2 Å². The van der Waals surface area contributed by atoms with Crippen molar-refractivity contribution in [2.75, 3.05) is 11.9 Å².